The first kappa shape index (κ1) is 5.59. The highest BCUT2D eigenvalue weighted by molar-refractivity contribution is 5.73. The molecule has 1 aromatic carbocycles. The number of fused-ring (bicyclic) bond motifs is 1. The lowest BCUT2D eigenvalue weighted by Gasteiger charge is -2.08. The fourth-order valence-electron chi connectivity index (χ4n) is 1.24. The summed E-state index contributed by atoms with van der Waals surface area (Å²) in [5.74, 6) is 0. The molecule has 0 saturated carbocycles. The van der Waals surface area contributed by atoms with Gasteiger partial charge in [-0.3, -0.25) is 0 Å². The van der Waals surface area contributed by atoms with Crippen molar-refractivity contribution in [2.75, 3.05) is 23.9 Å². The number of nitrogens with one attached hydrogen (secondary N) is 1. The molecule has 0 radical (unpaired) electrons. The fourth-order valence-corrected chi connectivity index (χ4v) is 1.24. The van der Waals surface area contributed by atoms with Crippen LogP contribution in [0, 0.1) is 0 Å². The van der Waals surface area contributed by atoms with Gasteiger partial charge in [0.25, 0.3) is 0 Å². The summed E-state index contributed by atoms with van der Waals surface area (Å²) in [5.41, 5.74) is 2.53. The third-order valence-corrected chi connectivity index (χ3v) is 1.82. The Morgan fingerprint density at radius 3 is 3.10 bits per heavy atom. The van der Waals surface area contributed by atoms with Crippen molar-refractivity contribution in [1.29, 1.82) is 0 Å². The van der Waals surface area contributed by atoms with E-state index >= 15 is 0 Å². The van der Waals surface area contributed by atoms with Crippen molar-refractivity contribution in [3.63, 3.8) is 0 Å². The predicted molar refractivity (Wildman–Crippen MR) is 45.4 cm³/mol. The van der Waals surface area contributed by atoms with Crippen molar-refractivity contribution < 1.29 is 1.43 Å². The van der Waals surface area contributed by atoms with Gasteiger partial charge in [-0.05, 0) is 12.1 Å². The lowest BCUT2D eigenvalue weighted by atomic mass is 10.3. The van der Waals surface area contributed by atoms with Gasteiger partial charge < -0.3 is 10.2 Å². The van der Waals surface area contributed by atoms with Crippen LogP contribution < -0.4 is 10.2 Å². The van der Waals surface area contributed by atoms with Crippen molar-refractivity contribution >= 4 is 11.4 Å². The molecular formula is C8H12N2. The molecule has 2 rings (SSSR count). The zero-order valence-corrected chi connectivity index (χ0v) is 5.96. The molecule has 1 aromatic rings. The van der Waals surface area contributed by atoms with Gasteiger partial charge in [-0.2, -0.15) is 0 Å². The summed E-state index contributed by atoms with van der Waals surface area (Å²) in [5, 5.41) is 3.28. The van der Waals surface area contributed by atoms with Crippen LogP contribution in [-0.2, 0) is 0 Å². The number of anilines is 2. The number of nitrogens with zero attached hydrogens (tertiary/aromatic N) is 1. The third-order valence-electron chi connectivity index (χ3n) is 1.82. The molecule has 0 bridgehead atoms. The van der Waals surface area contributed by atoms with Crippen LogP contribution in [0.2, 0.25) is 0 Å². The van der Waals surface area contributed by atoms with Gasteiger partial charge in [0.1, 0.15) is 0 Å². The van der Waals surface area contributed by atoms with E-state index < -0.39 is 0 Å². The summed E-state index contributed by atoms with van der Waals surface area (Å²) in [6.45, 7) is 0.930. The maximum absolute atomic E-state index is 3.28. The molecule has 1 heterocycles. The van der Waals surface area contributed by atoms with Crippen LogP contribution >= 0.6 is 0 Å². The normalized spacial score (nSPS) is 14.7. The first-order valence-corrected chi connectivity index (χ1v) is 3.42. The van der Waals surface area contributed by atoms with Crippen molar-refractivity contribution in [1.82, 2.24) is 0 Å². The van der Waals surface area contributed by atoms with Gasteiger partial charge in [0.05, 0.1) is 18.0 Å². The van der Waals surface area contributed by atoms with E-state index in [1.807, 2.05) is 6.07 Å². The van der Waals surface area contributed by atoms with Crippen LogP contribution in [0.4, 0.5) is 11.4 Å². The summed E-state index contributed by atoms with van der Waals surface area (Å²) < 4.78 is 0. The molecule has 0 atom stereocenters. The molecular weight excluding hydrogens is 124 g/mol. The Bertz CT molecular complexity index is 250. The Morgan fingerprint density at radius 2 is 2.30 bits per heavy atom. The average Bonchev–Trinajstić information content (AvgIpc) is 2.34. The predicted octanol–water partition coefficient (Wildman–Crippen LogP) is 1.75. The van der Waals surface area contributed by atoms with Crippen LogP contribution in [0.3, 0.4) is 0 Å². The number of para-hydroxylation sites is 2. The van der Waals surface area contributed by atoms with Gasteiger partial charge in [-0.25, -0.2) is 0 Å². The highest BCUT2D eigenvalue weighted by atomic mass is 15.3. The van der Waals surface area contributed by atoms with Crippen molar-refractivity contribution in [3.05, 3.63) is 24.3 Å². The van der Waals surface area contributed by atoms with Crippen LogP contribution in [0.15, 0.2) is 24.3 Å². The van der Waals surface area contributed by atoms with E-state index in [4.69, 9.17) is 0 Å². The Kier molecular flexibility index (Phi) is 1.07. The Hall–Kier alpha value is -1.18. The van der Waals surface area contributed by atoms with Crippen LogP contribution in [0.5, 0.6) is 0 Å². The van der Waals surface area contributed by atoms with Gasteiger partial charge in [-0.15, -0.1) is 0 Å². The van der Waals surface area contributed by atoms with E-state index in [9.17, 15) is 0 Å². The lowest BCUT2D eigenvalue weighted by molar-refractivity contribution is 1.03. The van der Waals surface area contributed by atoms with E-state index in [1.165, 1.54) is 11.4 Å². The fraction of sp³-hybridized carbons (Fsp3) is 0.250. The standard InChI is InChI=1S/C8H10N2.H2/c1-10-6-9-7-4-2-3-5-8(7)10;/h2-5,9H,6H2,1H3;1H. The Balaban J connectivity index is 0.000000605. The van der Waals surface area contributed by atoms with Crippen molar-refractivity contribution in [3.8, 4) is 0 Å². The second-order valence-electron chi connectivity index (χ2n) is 2.55. The largest absolute Gasteiger partial charge is 0.366 e. The summed E-state index contributed by atoms with van der Waals surface area (Å²) in [4.78, 5) is 2.19. The van der Waals surface area contributed by atoms with Crippen LogP contribution in [0.25, 0.3) is 0 Å². The van der Waals surface area contributed by atoms with Crippen molar-refractivity contribution in [2.45, 2.75) is 0 Å². The van der Waals surface area contributed by atoms with E-state index in [0.29, 0.717) is 0 Å². The SMILES string of the molecule is CN1CNc2ccccc21.[HH]. The highest BCUT2D eigenvalue weighted by Crippen LogP contribution is 2.28. The topological polar surface area (TPSA) is 15.3 Å². The number of benzene rings is 1. The second kappa shape index (κ2) is 1.90. The van der Waals surface area contributed by atoms with Crippen molar-refractivity contribution in [2.24, 2.45) is 0 Å². The molecule has 10 heavy (non-hydrogen) atoms. The molecule has 0 amide bonds. The summed E-state index contributed by atoms with van der Waals surface area (Å²) in [6.07, 6.45) is 0. The minimum Gasteiger partial charge on any atom is -0.366 e. The molecule has 0 saturated heterocycles. The molecule has 1 aliphatic heterocycles. The van der Waals surface area contributed by atoms with Crippen LogP contribution in [0.1, 0.15) is 1.43 Å². The molecule has 0 aromatic heterocycles. The molecule has 1 N–H and O–H groups in total. The minimum absolute atomic E-state index is 0. The van der Waals surface area contributed by atoms with E-state index in [1.54, 1.807) is 0 Å². The quantitative estimate of drug-likeness (QED) is 0.584. The number of hydrogen-bond donors (Lipinski definition) is 1. The summed E-state index contributed by atoms with van der Waals surface area (Å²) in [6, 6.07) is 8.32. The monoisotopic (exact) mass is 136 g/mol. The molecule has 0 fully saturated rings. The van der Waals surface area contributed by atoms with Gasteiger partial charge in [0, 0.05) is 8.47 Å². The van der Waals surface area contributed by atoms with Gasteiger partial charge in [-0.1, -0.05) is 12.1 Å². The first-order valence-electron chi connectivity index (χ1n) is 3.42. The zero-order valence-electron chi connectivity index (χ0n) is 5.96. The molecule has 1 aliphatic rings. The number of rotatable bonds is 0. The maximum atomic E-state index is 3.28. The van der Waals surface area contributed by atoms with E-state index in [0.717, 1.165) is 6.67 Å². The minimum atomic E-state index is 0. The smallest absolute Gasteiger partial charge is 0.0874 e. The Labute approximate surface area is 61.9 Å². The third kappa shape index (κ3) is 0.652. The van der Waals surface area contributed by atoms with Crippen LogP contribution in [-0.4, -0.2) is 13.7 Å². The maximum Gasteiger partial charge on any atom is 0.0874 e. The molecule has 2 heteroatoms. The second-order valence-corrected chi connectivity index (χ2v) is 2.55. The Morgan fingerprint density at radius 1 is 1.50 bits per heavy atom. The molecule has 54 valence electrons. The molecule has 0 aliphatic carbocycles. The van der Waals surface area contributed by atoms with E-state index in [-0.39, 0.29) is 1.43 Å². The number of hydrogen-bond acceptors (Lipinski definition) is 2. The molecule has 0 spiro atoms. The molecule has 0 unspecified atom stereocenters. The van der Waals surface area contributed by atoms with E-state index in [2.05, 4.69) is 35.5 Å². The summed E-state index contributed by atoms with van der Waals surface area (Å²) in [7, 11) is 2.08. The van der Waals surface area contributed by atoms with Gasteiger partial charge >= 0.3 is 0 Å². The highest BCUT2D eigenvalue weighted by Gasteiger charge is 2.11. The lowest BCUT2D eigenvalue weighted by Crippen LogP contribution is -2.15. The molecule has 2 nitrogen and oxygen atoms in total. The zero-order chi connectivity index (χ0) is 6.97. The average molecular weight is 136 g/mol. The summed E-state index contributed by atoms with van der Waals surface area (Å²) >= 11 is 0. The first-order chi connectivity index (χ1) is 4.88. The van der Waals surface area contributed by atoms with Gasteiger partial charge in [0.2, 0.25) is 0 Å². The van der Waals surface area contributed by atoms with Gasteiger partial charge in [0.15, 0.2) is 0 Å².